The Balaban J connectivity index is 2.84. The Hall–Kier alpha value is -2.69. The standard InChI is InChI=1S/C17H29N5O6/c1-3-9(2)14(19)17(28)22-6-4-5-11(22)16(27)21-10(7-12(18)23)15(26)20-8-13(24)25/h9-11,14H,3-8,19H2,1-2H3,(H2,18,23)(H,20,26)(H,21,27)(H,24,25). The number of amides is 4. The number of aliphatic carboxylic acids is 1. The first-order chi connectivity index (χ1) is 13.1. The molecule has 158 valence electrons. The third-order valence-electron chi connectivity index (χ3n) is 4.83. The van der Waals surface area contributed by atoms with Crippen molar-refractivity contribution in [1.82, 2.24) is 15.5 Å². The number of carbonyl (C=O) groups excluding carboxylic acids is 4. The van der Waals surface area contributed by atoms with Gasteiger partial charge in [-0.2, -0.15) is 0 Å². The van der Waals surface area contributed by atoms with E-state index in [0.29, 0.717) is 25.8 Å². The molecule has 28 heavy (non-hydrogen) atoms. The van der Waals surface area contributed by atoms with Crippen molar-refractivity contribution in [3.8, 4) is 0 Å². The number of nitrogens with one attached hydrogen (secondary N) is 2. The second-order valence-corrected chi connectivity index (χ2v) is 6.94. The number of nitrogens with two attached hydrogens (primary N) is 2. The van der Waals surface area contributed by atoms with Crippen molar-refractivity contribution >= 4 is 29.6 Å². The van der Waals surface area contributed by atoms with Crippen LogP contribution < -0.4 is 22.1 Å². The van der Waals surface area contributed by atoms with E-state index in [1.807, 2.05) is 13.8 Å². The first-order valence-corrected chi connectivity index (χ1v) is 9.22. The molecule has 4 amide bonds. The first-order valence-electron chi connectivity index (χ1n) is 9.22. The van der Waals surface area contributed by atoms with Crippen LogP contribution in [0.3, 0.4) is 0 Å². The molecule has 4 unspecified atom stereocenters. The summed E-state index contributed by atoms with van der Waals surface area (Å²) in [6.45, 7) is 3.47. The van der Waals surface area contributed by atoms with Gasteiger partial charge in [0.25, 0.3) is 0 Å². The summed E-state index contributed by atoms with van der Waals surface area (Å²) >= 11 is 0. The van der Waals surface area contributed by atoms with Gasteiger partial charge in [-0.25, -0.2) is 0 Å². The largest absolute Gasteiger partial charge is 0.480 e. The fourth-order valence-electron chi connectivity index (χ4n) is 2.96. The number of hydrogen-bond donors (Lipinski definition) is 5. The van der Waals surface area contributed by atoms with Crippen LogP contribution in [-0.2, 0) is 24.0 Å². The molecule has 1 aliphatic heterocycles. The molecule has 0 spiro atoms. The van der Waals surface area contributed by atoms with E-state index in [1.165, 1.54) is 4.90 Å². The summed E-state index contributed by atoms with van der Waals surface area (Å²) in [6.07, 6.45) is 1.21. The van der Waals surface area contributed by atoms with Gasteiger partial charge in [0.05, 0.1) is 12.5 Å². The lowest BCUT2D eigenvalue weighted by molar-refractivity contribution is -0.142. The number of hydrogen-bond acceptors (Lipinski definition) is 6. The van der Waals surface area contributed by atoms with Crippen molar-refractivity contribution < 1.29 is 29.1 Å². The summed E-state index contributed by atoms with van der Waals surface area (Å²) in [5.74, 6) is -3.96. The topological polar surface area (TPSA) is 185 Å². The zero-order valence-electron chi connectivity index (χ0n) is 16.1. The number of rotatable bonds is 10. The predicted octanol–water partition coefficient (Wildman–Crippen LogP) is -2.09. The molecule has 1 aliphatic rings. The van der Waals surface area contributed by atoms with Crippen molar-refractivity contribution in [2.45, 2.75) is 57.7 Å². The van der Waals surface area contributed by atoms with E-state index in [2.05, 4.69) is 10.6 Å². The van der Waals surface area contributed by atoms with Crippen LogP contribution in [0, 0.1) is 5.92 Å². The second kappa shape index (κ2) is 10.6. The minimum atomic E-state index is -1.33. The Labute approximate surface area is 163 Å². The molecular formula is C17H29N5O6. The van der Waals surface area contributed by atoms with Crippen molar-refractivity contribution in [3.63, 3.8) is 0 Å². The molecule has 0 radical (unpaired) electrons. The van der Waals surface area contributed by atoms with E-state index in [-0.39, 0.29) is 11.8 Å². The number of carboxylic acids is 1. The van der Waals surface area contributed by atoms with Gasteiger partial charge in [0.1, 0.15) is 18.6 Å². The van der Waals surface area contributed by atoms with Gasteiger partial charge in [0.2, 0.25) is 23.6 Å². The Morgan fingerprint density at radius 1 is 1.25 bits per heavy atom. The van der Waals surface area contributed by atoms with Crippen molar-refractivity contribution in [1.29, 1.82) is 0 Å². The molecule has 7 N–H and O–H groups in total. The Morgan fingerprint density at radius 3 is 2.43 bits per heavy atom. The number of carboxylic acid groups (broad SMARTS) is 1. The maximum atomic E-state index is 12.7. The molecule has 0 aromatic heterocycles. The molecule has 0 bridgehead atoms. The summed E-state index contributed by atoms with van der Waals surface area (Å²) in [7, 11) is 0. The number of carbonyl (C=O) groups is 5. The van der Waals surface area contributed by atoms with E-state index >= 15 is 0 Å². The molecular weight excluding hydrogens is 370 g/mol. The molecule has 1 saturated heterocycles. The average Bonchev–Trinajstić information content (AvgIpc) is 3.12. The third-order valence-corrected chi connectivity index (χ3v) is 4.83. The van der Waals surface area contributed by atoms with Gasteiger partial charge in [-0.15, -0.1) is 0 Å². The van der Waals surface area contributed by atoms with Gasteiger partial charge in [-0.05, 0) is 18.8 Å². The van der Waals surface area contributed by atoms with Crippen molar-refractivity contribution in [2.24, 2.45) is 17.4 Å². The van der Waals surface area contributed by atoms with E-state index in [9.17, 15) is 24.0 Å². The van der Waals surface area contributed by atoms with Crippen LogP contribution in [0.15, 0.2) is 0 Å². The van der Waals surface area contributed by atoms with Crippen LogP contribution in [0.4, 0.5) is 0 Å². The third kappa shape index (κ3) is 6.48. The highest BCUT2D eigenvalue weighted by Crippen LogP contribution is 2.20. The molecule has 4 atom stereocenters. The fourth-order valence-corrected chi connectivity index (χ4v) is 2.96. The molecule has 0 saturated carbocycles. The molecule has 0 aromatic rings. The summed E-state index contributed by atoms with van der Waals surface area (Å²) in [5.41, 5.74) is 11.1. The maximum absolute atomic E-state index is 12.7. The van der Waals surface area contributed by atoms with Gasteiger partial charge < -0.3 is 32.1 Å². The van der Waals surface area contributed by atoms with Gasteiger partial charge in [0.15, 0.2) is 0 Å². The number of primary amides is 1. The lowest BCUT2D eigenvalue weighted by Gasteiger charge is -2.29. The maximum Gasteiger partial charge on any atom is 0.322 e. The molecule has 1 rings (SSSR count). The molecule has 11 nitrogen and oxygen atoms in total. The highest BCUT2D eigenvalue weighted by atomic mass is 16.4. The van der Waals surface area contributed by atoms with Crippen molar-refractivity contribution in [2.75, 3.05) is 13.1 Å². The van der Waals surface area contributed by atoms with Crippen LogP contribution in [-0.4, -0.2) is 70.8 Å². The van der Waals surface area contributed by atoms with Gasteiger partial charge in [-0.3, -0.25) is 24.0 Å². The molecule has 0 aliphatic carbocycles. The van der Waals surface area contributed by atoms with Gasteiger partial charge in [0, 0.05) is 6.54 Å². The normalized spacial score (nSPS) is 19.4. The van der Waals surface area contributed by atoms with Gasteiger partial charge in [-0.1, -0.05) is 20.3 Å². The fraction of sp³-hybridized carbons (Fsp3) is 0.706. The average molecular weight is 399 g/mol. The predicted molar refractivity (Wildman–Crippen MR) is 98.6 cm³/mol. The lowest BCUT2D eigenvalue weighted by atomic mass is 9.98. The minimum absolute atomic E-state index is 0.0544. The van der Waals surface area contributed by atoms with E-state index in [0.717, 1.165) is 0 Å². The molecule has 11 heteroatoms. The van der Waals surface area contributed by atoms with Gasteiger partial charge >= 0.3 is 5.97 Å². The van der Waals surface area contributed by atoms with Crippen LogP contribution in [0.5, 0.6) is 0 Å². The number of nitrogens with zero attached hydrogens (tertiary/aromatic N) is 1. The molecule has 0 aromatic carbocycles. The number of likely N-dealkylation sites (tertiary alicyclic amines) is 1. The smallest absolute Gasteiger partial charge is 0.322 e. The van der Waals surface area contributed by atoms with E-state index in [1.54, 1.807) is 0 Å². The minimum Gasteiger partial charge on any atom is -0.480 e. The van der Waals surface area contributed by atoms with Crippen LogP contribution in [0.1, 0.15) is 39.5 Å². The summed E-state index contributed by atoms with van der Waals surface area (Å²) in [6, 6.07) is -2.88. The lowest BCUT2D eigenvalue weighted by Crippen LogP contribution is -2.56. The Bertz CT molecular complexity index is 625. The summed E-state index contributed by atoms with van der Waals surface area (Å²) in [4.78, 5) is 60.6. The molecule has 1 heterocycles. The van der Waals surface area contributed by atoms with E-state index < -0.39 is 54.8 Å². The highest BCUT2D eigenvalue weighted by molar-refractivity contribution is 5.95. The Kier molecular flexibility index (Phi) is 8.83. The van der Waals surface area contributed by atoms with Crippen LogP contribution in [0.25, 0.3) is 0 Å². The monoisotopic (exact) mass is 399 g/mol. The zero-order chi connectivity index (χ0) is 21.4. The van der Waals surface area contributed by atoms with Crippen LogP contribution >= 0.6 is 0 Å². The quantitative estimate of drug-likeness (QED) is 0.279. The second-order valence-electron chi connectivity index (χ2n) is 6.94. The first kappa shape index (κ1) is 23.3. The highest BCUT2D eigenvalue weighted by Gasteiger charge is 2.38. The summed E-state index contributed by atoms with van der Waals surface area (Å²) in [5, 5.41) is 13.1. The van der Waals surface area contributed by atoms with Crippen LogP contribution in [0.2, 0.25) is 0 Å². The Morgan fingerprint density at radius 2 is 1.89 bits per heavy atom. The van der Waals surface area contributed by atoms with Crippen molar-refractivity contribution in [3.05, 3.63) is 0 Å². The SMILES string of the molecule is CCC(C)C(N)C(=O)N1CCCC1C(=O)NC(CC(N)=O)C(=O)NCC(=O)O. The molecule has 1 fully saturated rings. The summed E-state index contributed by atoms with van der Waals surface area (Å²) < 4.78 is 0. The zero-order valence-corrected chi connectivity index (χ0v) is 16.1. The van der Waals surface area contributed by atoms with E-state index in [4.69, 9.17) is 16.6 Å².